The molecule has 1 aliphatic heterocycles. The van der Waals surface area contributed by atoms with Crippen molar-refractivity contribution in [2.24, 2.45) is 4.99 Å². The average molecular weight is 466 g/mol. The number of hydrogen-bond acceptors (Lipinski definition) is 3. The minimum absolute atomic E-state index is 0. The zero-order valence-corrected chi connectivity index (χ0v) is 16.8. The Labute approximate surface area is 163 Å². The summed E-state index contributed by atoms with van der Waals surface area (Å²) >= 11 is 1.46. The zero-order chi connectivity index (χ0) is 16.5. The number of hydrogen-bond donors (Lipinski definition) is 3. The van der Waals surface area contributed by atoms with E-state index in [2.05, 4.69) is 20.9 Å². The van der Waals surface area contributed by atoms with Crippen LogP contribution in [0, 0.1) is 5.82 Å². The van der Waals surface area contributed by atoms with Gasteiger partial charge < -0.3 is 16.0 Å². The third kappa shape index (κ3) is 7.25. The van der Waals surface area contributed by atoms with E-state index < -0.39 is 0 Å². The van der Waals surface area contributed by atoms with Crippen molar-refractivity contribution in [1.29, 1.82) is 0 Å². The molecule has 0 saturated carbocycles. The number of benzene rings is 1. The van der Waals surface area contributed by atoms with Crippen LogP contribution >= 0.6 is 35.7 Å². The number of thioether (sulfide) groups is 1. The van der Waals surface area contributed by atoms with Crippen LogP contribution in [0.3, 0.4) is 0 Å². The van der Waals surface area contributed by atoms with Crippen LogP contribution in [0.5, 0.6) is 0 Å². The van der Waals surface area contributed by atoms with Gasteiger partial charge in [-0.1, -0.05) is 12.1 Å². The van der Waals surface area contributed by atoms with Crippen LogP contribution in [-0.4, -0.2) is 43.3 Å². The standard InChI is InChI=1S/C16H23FN4OS.HI/c1-2-18-16(21-12-7-8-15(22)20-11-12)19-9-10-23-14-6-4-3-5-13(14)17;/h3-6,12H,2,7-11H2,1H3,(H,20,22)(H2,18,19,21);1H. The molecule has 1 fully saturated rings. The summed E-state index contributed by atoms with van der Waals surface area (Å²) in [5.74, 6) is 1.36. The van der Waals surface area contributed by atoms with E-state index in [0.29, 0.717) is 30.2 Å². The van der Waals surface area contributed by atoms with Crippen molar-refractivity contribution in [3.63, 3.8) is 0 Å². The third-order valence-electron chi connectivity index (χ3n) is 3.41. The lowest BCUT2D eigenvalue weighted by molar-refractivity contribution is -0.122. The monoisotopic (exact) mass is 466 g/mol. The number of guanidine groups is 1. The van der Waals surface area contributed by atoms with Gasteiger partial charge in [0, 0.05) is 36.2 Å². The summed E-state index contributed by atoms with van der Waals surface area (Å²) < 4.78 is 13.5. The van der Waals surface area contributed by atoms with Crippen LogP contribution in [0.15, 0.2) is 34.2 Å². The molecule has 1 aromatic carbocycles. The lowest BCUT2D eigenvalue weighted by Gasteiger charge is -2.25. The summed E-state index contributed by atoms with van der Waals surface area (Å²) in [5, 5.41) is 9.37. The molecule has 3 N–H and O–H groups in total. The average Bonchev–Trinajstić information content (AvgIpc) is 2.55. The highest BCUT2D eigenvalue weighted by molar-refractivity contribution is 14.0. The van der Waals surface area contributed by atoms with Crippen molar-refractivity contribution in [3.05, 3.63) is 30.1 Å². The largest absolute Gasteiger partial charge is 0.357 e. The number of carbonyl (C=O) groups is 1. The van der Waals surface area contributed by atoms with Crippen LogP contribution in [0.25, 0.3) is 0 Å². The third-order valence-corrected chi connectivity index (χ3v) is 4.43. The van der Waals surface area contributed by atoms with E-state index >= 15 is 0 Å². The Morgan fingerprint density at radius 1 is 1.46 bits per heavy atom. The van der Waals surface area contributed by atoms with Gasteiger partial charge in [0.25, 0.3) is 0 Å². The lowest BCUT2D eigenvalue weighted by Crippen LogP contribution is -2.51. The minimum Gasteiger partial charge on any atom is -0.357 e. The number of nitrogens with zero attached hydrogens (tertiary/aromatic N) is 1. The second kappa shape index (κ2) is 11.5. The Bertz CT molecular complexity index is 549. The fraction of sp³-hybridized carbons (Fsp3) is 0.500. The topological polar surface area (TPSA) is 65.5 Å². The molecule has 1 unspecified atom stereocenters. The Hall–Kier alpha value is -1.03. The fourth-order valence-corrected chi connectivity index (χ4v) is 3.03. The molecule has 2 rings (SSSR count). The Morgan fingerprint density at radius 2 is 2.25 bits per heavy atom. The van der Waals surface area contributed by atoms with Gasteiger partial charge in [-0.2, -0.15) is 0 Å². The SMILES string of the molecule is CCNC(=NCCSc1ccccc1F)NC1CCC(=O)NC1.I. The van der Waals surface area contributed by atoms with Gasteiger partial charge in [0.1, 0.15) is 5.82 Å². The first-order valence-corrected chi connectivity index (χ1v) is 8.86. The van der Waals surface area contributed by atoms with Gasteiger partial charge in [-0.15, -0.1) is 35.7 Å². The molecule has 1 aromatic rings. The van der Waals surface area contributed by atoms with Crippen molar-refractivity contribution in [1.82, 2.24) is 16.0 Å². The van der Waals surface area contributed by atoms with Crippen molar-refractivity contribution < 1.29 is 9.18 Å². The first-order valence-electron chi connectivity index (χ1n) is 7.88. The predicted molar refractivity (Wildman–Crippen MR) is 108 cm³/mol. The van der Waals surface area contributed by atoms with Crippen LogP contribution in [0.1, 0.15) is 19.8 Å². The molecule has 1 aliphatic rings. The molecule has 134 valence electrons. The molecule has 5 nitrogen and oxygen atoms in total. The van der Waals surface area contributed by atoms with E-state index in [1.54, 1.807) is 12.1 Å². The molecule has 1 saturated heterocycles. The van der Waals surface area contributed by atoms with Crippen molar-refractivity contribution in [3.8, 4) is 0 Å². The van der Waals surface area contributed by atoms with Gasteiger partial charge >= 0.3 is 0 Å². The number of amides is 1. The Balaban J connectivity index is 0.00000288. The second-order valence-corrected chi connectivity index (χ2v) is 6.36. The van der Waals surface area contributed by atoms with E-state index in [4.69, 9.17) is 0 Å². The number of piperidine rings is 1. The van der Waals surface area contributed by atoms with Gasteiger partial charge in [0.05, 0.1) is 6.54 Å². The second-order valence-electron chi connectivity index (χ2n) is 5.22. The van der Waals surface area contributed by atoms with E-state index in [-0.39, 0.29) is 41.7 Å². The van der Waals surface area contributed by atoms with Crippen molar-refractivity contribution >= 4 is 47.6 Å². The van der Waals surface area contributed by atoms with E-state index in [1.807, 2.05) is 13.0 Å². The van der Waals surface area contributed by atoms with Crippen LogP contribution in [0.2, 0.25) is 0 Å². The number of rotatable bonds is 6. The molecule has 0 radical (unpaired) electrons. The molecule has 0 aliphatic carbocycles. The van der Waals surface area contributed by atoms with Crippen LogP contribution in [-0.2, 0) is 4.79 Å². The summed E-state index contributed by atoms with van der Waals surface area (Å²) in [4.78, 5) is 16.3. The van der Waals surface area contributed by atoms with E-state index in [0.717, 1.165) is 18.9 Å². The number of nitrogens with one attached hydrogen (secondary N) is 3. The maximum Gasteiger partial charge on any atom is 0.220 e. The predicted octanol–water partition coefficient (Wildman–Crippen LogP) is 2.37. The van der Waals surface area contributed by atoms with Crippen molar-refractivity contribution in [2.45, 2.75) is 30.7 Å². The molecule has 24 heavy (non-hydrogen) atoms. The molecule has 8 heteroatoms. The normalized spacial score (nSPS) is 17.7. The molecule has 1 atom stereocenters. The molecule has 1 heterocycles. The number of aliphatic imine (C=N–C) groups is 1. The Morgan fingerprint density at radius 3 is 2.92 bits per heavy atom. The molecule has 0 aromatic heterocycles. The maximum absolute atomic E-state index is 13.5. The first-order chi connectivity index (χ1) is 11.2. The van der Waals surface area contributed by atoms with Gasteiger partial charge in [-0.25, -0.2) is 4.39 Å². The number of halogens is 2. The zero-order valence-electron chi connectivity index (χ0n) is 13.7. The summed E-state index contributed by atoms with van der Waals surface area (Å²) in [6.07, 6.45) is 1.35. The molecule has 1 amide bonds. The molecule has 0 spiro atoms. The highest BCUT2D eigenvalue weighted by atomic mass is 127. The number of carbonyl (C=O) groups excluding carboxylic acids is 1. The molecular formula is C16H24FIN4OS. The van der Waals surface area contributed by atoms with Crippen molar-refractivity contribution in [2.75, 3.05) is 25.4 Å². The first kappa shape index (κ1) is 21.0. The quantitative estimate of drug-likeness (QED) is 0.198. The summed E-state index contributed by atoms with van der Waals surface area (Å²) in [6.45, 7) is 3.99. The highest BCUT2D eigenvalue weighted by Gasteiger charge is 2.18. The summed E-state index contributed by atoms with van der Waals surface area (Å²) in [6, 6.07) is 6.96. The van der Waals surface area contributed by atoms with Crippen LogP contribution in [0.4, 0.5) is 4.39 Å². The lowest BCUT2D eigenvalue weighted by atomic mass is 10.1. The highest BCUT2D eigenvalue weighted by Crippen LogP contribution is 2.20. The fourth-order valence-electron chi connectivity index (χ4n) is 2.24. The van der Waals surface area contributed by atoms with Gasteiger partial charge in [-0.3, -0.25) is 9.79 Å². The van der Waals surface area contributed by atoms with Gasteiger partial charge in [0.2, 0.25) is 5.91 Å². The smallest absolute Gasteiger partial charge is 0.220 e. The molecule has 0 bridgehead atoms. The minimum atomic E-state index is -0.190. The van der Waals surface area contributed by atoms with Crippen LogP contribution < -0.4 is 16.0 Å². The van der Waals surface area contributed by atoms with E-state index in [9.17, 15) is 9.18 Å². The Kier molecular flexibility index (Phi) is 10.1. The molecular weight excluding hydrogens is 442 g/mol. The summed E-state index contributed by atoms with van der Waals surface area (Å²) in [5.41, 5.74) is 0. The van der Waals surface area contributed by atoms with Gasteiger partial charge in [-0.05, 0) is 25.5 Å². The summed E-state index contributed by atoms with van der Waals surface area (Å²) in [7, 11) is 0. The van der Waals surface area contributed by atoms with E-state index in [1.165, 1.54) is 17.8 Å². The maximum atomic E-state index is 13.5. The van der Waals surface area contributed by atoms with Gasteiger partial charge in [0.15, 0.2) is 5.96 Å².